The maximum atomic E-state index is 14.3. The van der Waals surface area contributed by atoms with Gasteiger partial charge in [0.25, 0.3) is 0 Å². The quantitative estimate of drug-likeness (QED) is 0.315. The van der Waals surface area contributed by atoms with Gasteiger partial charge >= 0.3 is 5.97 Å². The number of epoxide rings is 1. The molecule has 1 aromatic rings. The predicted molar refractivity (Wildman–Crippen MR) is 139 cm³/mol. The number of hydrogen-bond acceptors (Lipinski definition) is 7. The Morgan fingerprint density at radius 2 is 1.87 bits per heavy atom. The van der Waals surface area contributed by atoms with Gasteiger partial charge in [0, 0.05) is 30.7 Å². The molecule has 0 aromatic heterocycles. The molecule has 4 aliphatic rings. The van der Waals surface area contributed by atoms with Gasteiger partial charge in [-0.15, -0.1) is 0 Å². The van der Waals surface area contributed by atoms with Gasteiger partial charge in [0.1, 0.15) is 29.3 Å². The van der Waals surface area contributed by atoms with Crippen molar-refractivity contribution in [2.45, 2.75) is 83.5 Å². The second kappa shape index (κ2) is 9.43. The number of Topliss-reactive ketones (excluding diaryl/α,β-unsaturated/α-hetero) is 1. The Labute approximate surface area is 223 Å². The fraction of sp³-hybridized carbons (Fsp3) is 0.567. The third kappa shape index (κ3) is 3.96. The minimum absolute atomic E-state index is 0.325. The fourth-order valence-electron chi connectivity index (χ4n) is 7.27. The van der Waals surface area contributed by atoms with Gasteiger partial charge in [0.2, 0.25) is 5.91 Å². The molecule has 8 heteroatoms. The second-order valence-corrected chi connectivity index (χ2v) is 11.6. The van der Waals surface area contributed by atoms with Crippen LogP contribution in [0.2, 0.25) is 0 Å². The molecule has 204 valence electrons. The molecule has 38 heavy (non-hydrogen) atoms. The molecule has 1 aromatic carbocycles. The van der Waals surface area contributed by atoms with E-state index >= 15 is 0 Å². The van der Waals surface area contributed by atoms with Gasteiger partial charge in [0.05, 0.1) is 6.10 Å². The first-order valence-electron chi connectivity index (χ1n) is 13.4. The first kappa shape index (κ1) is 26.8. The molecule has 3 N–H and O–H groups in total. The summed E-state index contributed by atoms with van der Waals surface area (Å²) in [5.41, 5.74) is -0.550. The van der Waals surface area contributed by atoms with Crippen molar-refractivity contribution in [3.8, 4) is 0 Å². The lowest BCUT2D eigenvalue weighted by Crippen LogP contribution is -2.60. The summed E-state index contributed by atoms with van der Waals surface area (Å²) < 4.78 is 11.9. The Morgan fingerprint density at radius 3 is 2.53 bits per heavy atom. The number of fused-ring (bicyclic) bond motifs is 1. The van der Waals surface area contributed by atoms with E-state index in [1.165, 1.54) is 13.8 Å². The third-order valence-corrected chi connectivity index (χ3v) is 9.27. The number of ether oxygens (including phenoxy) is 2. The Hall–Kier alpha value is -2.81. The zero-order valence-corrected chi connectivity index (χ0v) is 22.5. The molecule has 2 aliphatic heterocycles. The van der Waals surface area contributed by atoms with E-state index < -0.39 is 59.2 Å². The Balaban J connectivity index is 1.72. The van der Waals surface area contributed by atoms with E-state index in [2.05, 4.69) is 5.32 Å². The molecular formula is C30H37NO7. The highest BCUT2D eigenvalue weighted by atomic mass is 16.6. The van der Waals surface area contributed by atoms with Crippen molar-refractivity contribution < 1.29 is 34.1 Å². The van der Waals surface area contributed by atoms with Crippen LogP contribution in [0.15, 0.2) is 53.6 Å². The minimum Gasteiger partial charge on any atom is -0.458 e. The molecule has 1 spiro atoms. The third-order valence-electron chi connectivity index (χ3n) is 9.27. The lowest BCUT2D eigenvalue weighted by Gasteiger charge is -2.50. The second-order valence-electron chi connectivity index (χ2n) is 11.6. The van der Waals surface area contributed by atoms with Gasteiger partial charge in [-0.05, 0) is 44.7 Å². The summed E-state index contributed by atoms with van der Waals surface area (Å²) in [5.74, 6) is -2.99. The number of esters is 1. The zero-order chi connectivity index (χ0) is 27.6. The number of aliphatic hydroxyl groups excluding tert-OH is 1. The molecule has 0 bridgehead atoms. The summed E-state index contributed by atoms with van der Waals surface area (Å²) in [4.78, 5) is 40.0. The molecule has 10 atom stereocenters. The highest BCUT2D eigenvalue weighted by Gasteiger charge is 2.73. The van der Waals surface area contributed by atoms with Crippen LogP contribution < -0.4 is 5.32 Å². The maximum absolute atomic E-state index is 14.3. The van der Waals surface area contributed by atoms with Crippen LogP contribution in [0.3, 0.4) is 0 Å². The van der Waals surface area contributed by atoms with Crippen LogP contribution in [-0.2, 0) is 30.3 Å². The zero-order valence-electron chi connectivity index (χ0n) is 22.5. The van der Waals surface area contributed by atoms with Crippen molar-refractivity contribution >= 4 is 17.7 Å². The lowest BCUT2D eigenvalue weighted by molar-refractivity contribution is -0.169. The molecule has 1 unspecified atom stereocenters. The van der Waals surface area contributed by atoms with Crippen molar-refractivity contribution in [1.29, 1.82) is 0 Å². The average Bonchev–Trinajstić information content (AvgIpc) is 3.62. The van der Waals surface area contributed by atoms with Crippen LogP contribution in [0.1, 0.15) is 46.6 Å². The number of amides is 1. The van der Waals surface area contributed by atoms with E-state index in [0.717, 1.165) is 16.7 Å². The summed E-state index contributed by atoms with van der Waals surface area (Å²) in [6.45, 7) is 8.23. The molecule has 0 saturated carbocycles. The van der Waals surface area contributed by atoms with E-state index in [0.29, 0.717) is 12.8 Å². The number of aliphatic hydroxyl groups is 2. The van der Waals surface area contributed by atoms with Gasteiger partial charge in [-0.1, -0.05) is 55.0 Å². The molecule has 5 rings (SSSR count). The van der Waals surface area contributed by atoms with E-state index in [1.54, 1.807) is 19.1 Å². The van der Waals surface area contributed by atoms with Crippen molar-refractivity contribution in [2.75, 3.05) is 0 Å². The van der Waals surface area contributed by atoms with Crippen molar-refractivity contribution in [1.82, 2.24) is 5.32 Å². The molecular weight excluding hydrogens is 486 g/mol. The van der Waals surface area contributed by atoms with Crippen molar-refractivity contribution in [3.63, 3.8) is 0 Å². The van der Waals surface area contributed by atoms with E-state index in [9.17, 15) is 24.6 Å². The van der Waals surface area contributed by atoms with E-state index in [4.69, 9.17) is 9.47 Å². The number of allylic oxidation sites excluding steroid dienone is 1. The van der Waals surface area contributed by atoms with Gasteiger partial charge in [-0.2, -0.15) is 0 Å². The smallest absolute Gasteiger partial charge is 0.303 e. The number of nitrogens with one attached hydrogen (secondary N) is 1. The summed E-state index contributed by atoms with van der Waals surface area (Å²) in [5, 5.41) is 26.1. The number of carbonyl (C=O) groups is 3. The topological polar surface area (TPSA) is 125 Å². The van der Waals surface area contributed by atoms with Crippen LogP contribution in [0.4, 0.5) is 0 Å². The van der Waals surface area contributed by atoms with Crippen LogP contribution in [0.5, 0.6) is 0 Å². The van der Waals surface area contributed by atoms with Gasteiger partial charge < -0.3 is 25.0 Å². The van der Waals surface area contributed by atoms with Gasteiger partial charge in [0.15, 0.2) is 5.78 Å². The highest BCUT2D eigenvalue weighted by Crippen LogP contribution is 2.60. The molecule has 0 radical (unpaired) electrons. The maximum Gasteiger partial charge on any atom is 0.303 e. The summed E-state index contributed by atoms with van der Waals surface area (Å²) in [7, 11) is 0. The minimum atomic E-state index is -1.82. The number of carbonyl (C=O) groups excluding carboxylic acids is 3. The molecule has 2 heterocycles. The Bertz CT molecular complexity index is 1200. The average molecular weight is 524 g/mol. The van der Waals surface area contributed by atoms with Crippen LogP contribution >= 0.6 is 0 Å². The molecule has 2 aliphatic carbocycles. The number of ketones is 1. The molecule has 2 fully saturated rings. The highest BCUT2D eigenvalue weighted by molar-refractivity contribution is 5.91. The molecule has 2 saturated heterocycles. The van der Waals surface area contributed by atoms with Crippen LogP contribution in [0.25, 0.3) is 0 Å². The number of rotatable bonds is 3. The Morgan fingerprint density at radius 1 is 1.18 bits per heavy atom. The van der Waals surface area contributed by atoms with Crippen LogP contribution in [0, 0.1) is 23.2 Å². The first-order valence-corrected chi connectivity index (χ1v) is 13.4. The standard InChI is InChI=1S/C30H37NO7/c1-15-10-9-13-20-23(33)17(3)16(2)22-21(14-19-11-7-6-8-12-19)31-28(35)30(20,22)27(37-18(4)32)24-26(38-24)29(5,36)25(15)34/h6-9,11-13,15,20-24,26-27,33,36H,10,14H2,1-5H3,(H,31,35)/t15-,20-,21+,22-,23-,24+,26+,27?,29+,30+/m1/s1. The number of hydrogen-bond donors (Lipinski definition) is 3. The Kier molecular flexibility index (Phi) is 6.65. The van der Waals surface area contributed by atoms with Crippen molar-refractivity contribution in [3.05, 3.63) is 59.2 Å². The normalized spacial score (nSPS) is 42.4. The van der Waals surface area contributed by atoms with Crippen LogP contribution in [-0.4, -0.2) is 63.9 Å². The predicted octanol–water partition coefficient (Wildman–Crippen LogP) is 2.27. The van der Waals surface area contributed by atoms with Gasteiger partial charge in [-0.3, -0.25) is 14.4 Å². The summed E-state index contributed by atoms with van der Waals surface area (Å²) in [6.07, 6.45) is 0.510. The molecule has 8 nitrogen and oxygen atoms in total. The van der Waals surface area contributed by atoms with Crippen molar-refractivity contribution in [2.24, 2.45) is 23.2 Å². The largest absolute Gasteiger partial charge is 0.458 e. The lowest BCUT2D eigenvalue weighted by atomic mass is 9.53. The first-order chi connectivity index (χ1) is 17.9. The van der Waals surface area contributed by atoms with E-state index in [-0.39, 0.29) is 17.7 Å². The monoisotopic (exact) mass is 523 g/mol. The van der Waals surface area contributed by atoms with Gasteiger partial charge in [-0.25, -0.2) is 0 Å². The van der Waals surface area contributed by atoms with E-state index in [1.807, 2.05) is 44.2 Å². The SMILES string of the molecule is CC(=O)OC1[C@H]2O[C@@H]2[C@@](C)(O)C(=O)[C@H](C)CC=C[C@@H]2[C@H](O)C(C)=C(C)[C@@H]3[C@H](Cc4ccccc4)NC(=O)[C@@]123. The summed E-state index contributed by atoms with van der Waals surface area (Å²) in [6, 6.07) is 9.51. The number of benzene rings is 1. The fourth-order valence-corrected chi connectivity index (χ4v) is 7.27. The molecule has 1 amide bonds. The summed E-state index contributed by atoms with van der Waals surface area (Å²) >= 11 is 0.